The molecule has 0 radical (unpaired) electrons. The van der Waals surface area contributed by atoms with Gasteiger partial charge >= 0.3 is 0 Å². The summed E-state index contributed by atoms with van der Waals surface area (Å²) in [7, 11) is 0. The molecule has 1 saturated carbocycles. The molecule has 2 aromatic carbocycles. The molecule has 1 fully saturated rings. The lowest BCUT2D eigenvalue weighted by Crippen LogP contribution is -2.47. The molecule has 0 spiro atoms. The summed E-state index contributed by atoms with van der Waals surface area (Å²) in [5, 5.41) is 8.26. The van der Waals surface area contributed by atoms with Crippen molar-refractivity contribution in [3.05, 3.63) is 87.9 Å². The lowest BCUT2D eigenvalue weighted by molar-refractivity contribution is -0.123. The maximum atomic E-state index is 13.3. The summed E-state index contributed by atoms with van der Waals surface area (Å²) in [6.45, 7) is 6.45. The Labute approximate surface area is 234 Å². The first-order chi connectivity index (χ1) is 19.0. The van der Waals surface area contributed by atoms with Gasteiger partial charge in [-0.05, 0) is 60.9 Å². The minimum atomic E-state index is -0.563. The van der Waals surface area contributed by atoms with Gasteiger partial charge in [-0.2, -0.15) is 0 Å². The zero-order chi connectivity index (χ0) is 27.4. The van der Waals surface area contributed by atoms with E-state index in [9.17, 15) is 9.59 Å². The molecule has 4 aromatic rings. The van der Waals surface area contributed by atoms with Gasteiger partial charge in [0.2, 0.25) is 5.91 Å². The summed E-state index contributed by atoms with van der Waals surface area (Å²) in [4.78, 5) is 32.7. The van der Waals surface area contributed by atoms with E-state index in [1.54, 1.807) is 11.3 Å². The quantitative estimate of drug-likeness (QED) is 0.211. The number of imidazole rings is 1. The van der Waals surface area contributed by atoms with Crippen molar-refractivity contribution in [1.82, 2.24) is 20.2 Å². The van der Waals surface area contributed by atoms with E-state index >= 15 is 0 Å². The Morgan fingerprint density at radius 2 is 1.85 bits per heavy atom. The highest BCUT2D eigenvalue weighted by molar-refractivity contribution is 7.09. The first-order valence-electron chi connectivity index (χ1n) is 14.2. The van der Waals surface area contributed by atoms with Crippen LogP contribution in [0.5, 0.6) is 0 Å². The van der Waals surface area contributed by atoms with E-state index in [0.29, 0.717) is 23.9 Å². The second-order valence-corrected chi connectivity index (χ2v) is 11.5. The average Bonchev–Trinajstić information content (AvgIpc) is 3.35. The molecular weight excluding hydrogens is 504 g/mol. The van der Waals surface area contributed by atoms with Gasteiger partial charge in [-0.3, -0.25) is 9.59 Å². The van der Waals surface area contributed by atoms with Crippen LogP contribution in [0.2, 0.25) is 0 Å². The van der Waals surface area contributed by atoms with Crippen molar-refractivity contribution in [2.24, 2.45) is 0 Å². The molecule has 1 aliphatic carbocycles. The number of nitrogens with zero attached hydrogens (tertiary/aromatic N) is 2. The van der Waals surface area contributed by atoms with Gasteiger partial charge in [-0.15, -0.1) is 11.3 Å². The molecule has 0 bridgehead atoms. The van der Waals surface area contributed by atoms with Crippen molar-refractivity contribution in [1.29, 1.82) is 0 Å². The SMILES string of the molecule is CCC[C@H](NC(=O)c1ccc2c(c1)nc(Cc1cccs1)n2C(CC)CC)C(=O)N[C@H]1C[C@@H]1c1ccccc1. The second-order valence-electron chi connectivity index (χ2n) is 10.5. The maximum Gasteiger partial charge on any atom is 0.252 e. The van der Waals surface area contributed by atoms with E-state index in [1.165, 1.54) is 10.4 Å². The molecule has 7 heteroatoms. The third-order valence-electron chi connectivity index (χ3n) is 7.79. The topological polar surface area (TPSA) is 76.0 Å². The highest BCUT2D eigenvalue weighted by atomic mass is 32.1. The molecule has 0 aliphatic heterocycles. The van der Waals surface area contributed by atoms with Crippen LogP contribution < -0.4 is 10.6 Å². The highest BCUT2D eigenvalue weighted by Gasteiger charge is 2.40. The number of carbonyl (C=O) groups excluding carboxylic acids is 2. The van der Waals surface area contributed by atoms with Crippen LogP contribution in [0.4, 0.5) is 0 Å². The minimum absolute atomic E-state index is 0.106. The molecule has 204 valence electrons. The van der Waals surface area contributed by atoms with Gasteiger partial charge in [-0.25, -0.2) is 4.98 Å². The third kappa shape index (κ3) is 6.09. The van der Waals surface area contributed by atoms with Crippen molar-refractivity contribution in [2.75, 3.05) is 0 Å². The fourth-order valence-electron chi connectivity index (χ4n) is 5.55. The van der Waals surface area contributed by atoms with Crippen LogP contribution >= 0.6 is 11.3 Å². The third-order valence-corrected chi connectivity index (χ3v) is 8.67. The minimum Gasteiger partial charge on any atom is -0.351 e. The van der Waals surface area contributed by atoms with Crippen molar-refractivity contribution in [2.45, 2.75) is 83.3 Å². The van der Waals surface area contributed by atoms with E-state index in [2.05, 4.69) is 58.7 Å². The molecule has 2 amide bonds. The van der Waals surface area contributed by atoms with Crippen LogP contribution in [0.3, 0.4) is 0 Å². The van der Waals surface area contributed by atoms with Crippen molar-refractivity contribution < 1.29 is 9.59 Å². The van der Waals surface area contributed by atoms with Gasteiger partial charge < -0.3 is 15.2 Å². The summed E-state index contributed by atoms with van der Waals surface area (Å²) in [5.41, 5.74) is 3.65. The number of rotatable bonds is 12. The number of hydrogen-bond acceptors (Lipinski definition) is 4. The fraction of sp³-hybridized carbons (Fsp3) is 0.406. The number of aromatic nitrogens is 2. The van der Waals surface area contributed by atoms with E-state index in [-0.39, 0.29) is 17.9 Å². The van der Waals surface area contributed by atoms with Crippen LogP contribution in [0.15, 0.2) is 66.0 Å². The van der Waals surface area contributed by atoms with Gasteiger partial charge in [-0.1, -0.05) is 63.6 Å². The zero-order valence-corrected chi connectivity index (χ0v) is 23.8. The second kappa shape index (κ2) is 12.2. The largest absolute Gasteiger partial charge is 0.351 e. The fourth-order valence-corrected chi connectivity index (χ4v) is 6.25. The lowest BCUT2D eigenvalue weighted by Gasteiger charge is -2.19. The average molecular weight is 543 g/mol. The molecule has 2 N–H and O–H groups in total. The predicted octanol–water partition coefficient (Wildman–Crippen LogP) is 6.62. The molecule has 1 aliphatic rings. The van der Waals surface area contributed by atoms with Gasteiger partial charge in [0.15, 0.2) is 0 Å². The maximum absolute atomic E-state index is 13.3. The number of fused-ring (bicyclic) bond motifs is 1. The van der Waals surface area contributed by atoms with Crippen molar-refractivity contribution in [3.63, 3.8) is 0 Å². The summed E-state index contributed by atoms with van der Waals surface area (Å²) in [6, 6.07) is 20.1. The highest BCUT2D eigenvalue weighted by Crippen LogP contribution is 2.40. The van der Waals surface area contributed by atoms with E-state index < -0.39 is 6.04 Å². The van der Waals surface area contributed by atoms with Gasteiger partial charge in [0.25, 0.3) is 5.91 Å². The molecule has 2 aromatic heterocycles. The normalized spacial score (nSPS) is 17.3. The molecule has 39 heavy (non-hydrogen) atoms. The van der Waals surface area contributed by atoms with Crippen LogP contribution in [0, 0.1) is 0 Å². The van der Waals surface area contributed by atoms with Crippen molar-refractivity contribution in [3.8, 4) is 0 Å². The van der Waals surface area contributed by atoms with E-state index in [1.807, 2.05) is 43.3 Å². The Balaban J connectivity index is 1.32. The monoisotopic (exact) mass is 542 g/mol. The van der Waals surface area contributed by atoms with E-state index in [0.717, 1.165) is 49.0 Å². The first-order valence-corrected chi connectivity index (χ1v) is 15.1. The summed E-state index contributed by atoms with van der Waals surface area (Å²) in [6.07, 6.45) is 5.14. The van der Waals surface area contributed by atoms with Gasteiger partial charge in [0, 0.05) is 34.9 Å². The van der Waals surface area contributed by atoms with Crippen LogP contribution in [0.1, 0.15) is 91.5 Å². The Bertz CT molecular complexity index is 1410. The van der Waals surface area contributed by atoms with Crippen LogP contribution in [-0.4, -0.2) is 33.4 Å². The number of benzene rings is 2. The molecule has 3 atom stereocenters. The lowest BCUT2D eigenvalue weighted by atomic mass is 10.1. The van der Waals surface area contributed by atoms with Crippen LogP contribution in [-0.2, 0) is 11.2 Å². The van der Waals surface area contributed by atoms with E-state index in [4.69, 9.17) is 4.98 Å². The Morgan fingerprint density at radius 3 is 2.54 bits per heavy atom. The Kier molecular flexibility index (Phi) is 8.46. The summed E-state index contributed by atoms with van der Waals surface area (Å²) >= 11 is 1.74. The number of hydrogen-bond donors (Lipinski definition) is 2. The number of carbonyl (C=O) groups is 2. The standard InChI is InChI=1S/C32H38N4O2S/c1-4-11-26(32(38)35-27-20-25(27)21-12-8-7-9-13-21)34-31(37)22-15-16-29-28(18-22)33-30(19-24-14-10-17-39-24)36(29)23(5-2)6-3/h7-10,12-18,23,25-27H,4-6,11,19-20H2,1-3H3,(H,34,37)(H,35,38)/t25-,26+,27+/m1/s1. The number of thiophene rings is 1. The molecular formula is C32H38N4O2S. The first kappa shape index (κ1) is 27.1. The smallest absolute Gasteiger partial charge is 0.252 e. The molecule has 0 unspecified atom stereocenters. The molecule has 6 nitrogen and oxygen atoms in total. The summed E-state index contributed by atoms with van der Waals surface area (Å²) < 4.78 is 2.35. The number of amides is 2. The van der Waals surface area contributed by atoms with Crippen molar-refractivity contribution >= 4 is 34.2 Å². The van der Waals surface area contributed by atoms with Gasteiger partial charge in [0.05, 0.1) is 11.0 Å². The zero-order valence-electron chi connectivity index (χ0n) is 23.0. The molecule has 5 rings (SSSR count). The summed E-state index contributed by atoms with van der Waals surface area (Å²) in [5.74, 6) is 1.03. The number of nitrogens with one attached hydrogen (secondary N) is 2. The Hall–Kier alpha value is -3.45. The van der Waals surface area contributed by atoms with Crippen LogP contribution in [0.25, 0.3) is 11.0 Å². The molecule has 0 saturated heterocycles. The predicted molar refractivity (Wildman–Crippen MR) is 158 cm³/mol. The Morgan fingerprint density at radius 1 is 1.05 bits per heavy atom. The van der Waals surface area contributed by atoms with Gasteiger partial charge in [0.1, 0.15) is 11.9 Å². The molecule has 2 heterocycles.